The van der Waals surface area contributed by atoms with Crippen LogP contribution in [0.2, 0.25) is 0 Å². The van der Waals surface area contributed by atoms with Crippen molar-refractivity contribution in [3.63, 3.8) is 0 Å². The second-order valence-electron chi connectivity index (χ2n) is 5.33. The first-order valence-corrected chi connectivity index (χ1v) is 8.87. The molecule has 0 saturated heterocycles. The van der Waals surface area contributed by atoms with Gasteiger partial charge in [0.2, 0.25) is 0 Å². The maximum atomic E-state index is 3.30. The molecule has 0 atom stereocenters. The van der Waals surface area contributed by atoms with Gasteiger partial charge in [0.15, 0.2) is 0 Å². The van der Waals surface area contributed by atoms with Gasteiger partial charge in [0.25, 0.3) is 0 Å². The van der Waals surface area contributed by atoms with E-state index in [1.807, 2.05) is 18.4 Å². The topological polar surface area (TPSA) is 15.3 Å². The highest BCUT2D eigenvalue weighted by Gasteiger charge is 2.13. The van der Waals surface area contributed by atoms with Crippen LogP contribution >= 0.6 is 22.7 Å². The molecule has 2 aromatic heterocycles. The molecule has 0 bridgehead atoms. The van der Waals surface area contributed by atoms with Crippen LogP contribution in [0, 0.1) is 0 Å². The summed E-state index contributed by atoms with van der Waals surface area (Å²) < 4.78 is 1.39. The monoisotopic (exact) mass is 316 g/mol. The maximum Gasteiger partial charge on any atom is 0.0349 e. The second-order valence-corrected chi connectivity index (χ2v) is 7.25. The first kappa shape index (κ1) is 14.7. The summed E-state index contributed by atoms with van der Waals surface area (Å²) in [6.07, 6.45) is 0. The lowest BCUT2D eigenvalue weighted by Crippen LogP contribution is -2.18. The predicted molar refractivity (Wildman–Crippen MR) is 94.1 cm³/mol. The van der Waals surface area contributed by atoms with Crippen molar-refractivity contribution in [2.24, 2.45) is 0 Å². The standard InChI is InChI=1S/C17H20N2S2/c1-18-9-17-15(14-5-3-4-6-16(14)21-17)11-19(2)10-13-7-8-20-12-13/h3-8,12,18H,9-11H2,1-2H3. The fraction of sp³-hybridized carbons (Fsp3) is 0.294. The van der Waals surface area contributed by atoms with Crippen molar-refractivity contribution in [3.05, 3.63) is 57.1 Å². The number of thiophene rings is 2. The molecule has 0 radical (unpaired) electrons. The minimum atomic E-state index is 0.945. The summed E-state index contributed by atoms with van der Waals surface area (Å²) in [4.78, 5) is 3.85. The number of hydrogen-bond acceptors (Lipinski definition) is 4. The molecule has 3 aromatic rings. The zero-order valence-electron chi connectivity index (χ0n) is 12.4. The number of hydrogen-bond donors (Lipinski definition) is 1. The van der Waals surface area contributed by atoms with E-state index in [1.54, 1.807) is 11.3 Å². The van der Waals surface area contributed by atoms with Gasteiger partial charge in [0.1, 0.15) is 0 Å². The fourth-order valence-corrected chi connectivity index (χ4v) is 4.53. The third-order valence-electron chi connectivity index (χ3n) is 3.58. The highest BCUT2D eigenvalue weighted by atomic mass is 32.1. The zero-order valence-corrected chi connectivity index (χ0v) is 14.1. The summed E-state index contributed by atoms with van der Waals surface area (Å²) in [6.45, 7) is 2.95. The number of nitrogens with zero attached hydrogens (tertiary/aromatic N) is 1. The van der Waals surface area contributed by atoms with Crippen LogP contribution in [0.5, 0.6) is 0 Å². The molecule has 0 saturated carbocycles. The second kappa shape index (κ2) is 6.71. The van der Waals surface area contributed by atoms with Gasteiger partial charge in [-0.15, -0.1) is 11.3 Å². The molecule has 0 aliphatic rings. The lowest BCUT2D eigenvalue weighted by molar-refractivity contribution is 0.320. The van der Waals surface area contributed by atoms with Crippen molar-refractivity contribution in [2.75, 3.05) is 14.1 Å². The van der Waals surface area contributed by atoms with E-state index in [0.29, 0.717) is 0 Å². The van der Waals surface area contributed by atoms with Gasteiger partial charge in [-0.05, 0) is 53.5 Å². The Morgan fingerprint density at radius 1 is 1.14 bits per heavy atom. The summed E-state index contributed by atoms with van der Waals surface area (Å²) in [5, 5.41) is 9.09. The van der Waals surface area contributed by atoms with Crippen LogP contribution in [0.1, 0.15) is 16.0 Å². The molecule has 1 aromatic carbocycles. The van der Waals surface area contributed by atoms with Gasteiger partial charge < -0.3 is 5.32 Å². The third kappa shape index (κ3) is 3.35. The Morgan fingerprint density at radius 2 is 2.00 bits per heavy atom. The van der Waals surface area contributed by atoms with E-state index in [-0.39, 0.29) is 0 Å². The van der Waals surface area contributed by atoms with Gasteiger partial charge in [-0.2, -0.15) is 11.3 Å². The highest BCUT2D eigenvalue weighted by molar-refractivity contribution is 7.19. The predicted octanol–water partition coefficient (Wildman–Crippen LogP) is 4.31. The van der Waals surface area contributed by atoms with E-state index in [4.69, 9.17) is 0 Å². The van der Waals surface area contributed by atoms with E-state index in [1.165, 1.54) is 26.1 Å². The maximum absolute atomic E-state index is 3.30. The van der Waals surface area contributed by atoms with Gasteiger partial charge >= 0.3 is 0 Å². The Balaban J connectivity index is 1.85. The van der Waals surface area contributed by atoms with Crippen LogP contribution in [0.4, 0.5) is 0 Å². The fourth-order valence-electron chi connectivity index (χ4n) is 2.65. The molecule has 2 heterocycles. The number of rotatable bonds is 6. The van der Waals surface area contributed by atoms with Gasteiger partial charge in [-0.25, -0.2) is 0 Å². The van der Waals surface area contributed by atoms with Gasteiger partial charge in [0.05, 0.1) is 0 Å². The normalized spacial score (nSPS) is 11.6. The molecule has 0 fully saturated rings. The minimum absolute atomic E-state index is 0.945. The lowest BCUT2D eigenvalue weighted by atomic mass is 10.1. The first-order valence-electron chi connectivity index (χ1n) is 7.11. The summed E-state index contributed by atoms with van der Waals surface area (Å²) in [6, 6.07) is 10.9. The molecule has 0 spiro atoms. The molecular weight excluding hydrogens is 296 g/mol. The van der Waals surface area contributed by atoms with Crippen molar-refractivity contribution in [1.82, 2.24) is 10.2 Å². The van der Waals surface area contributed by atoms with Crippen molar-refractivity contribution < 1.29 is 0 Å². The summed E-state index contributed by atoms with van der Waals surface area (Å²) in [5.41, 5.74) is 2.87. The minimum Gasteiger partial charge on any atom is -0.315 e. The van der Waals surface area contributed by atoms with Crippen LogP contribution < -0.4 is 5.32 Å². The molecule has 2 nitrogen and oxygen atoms in total. The Hall–Kier alpha value is -1.20. The SMILES string of the molecule is CNCc1sc2ccccc2c1CN(C)Cc1ccsc1. The summed E-state index contributed by atoms with van der Waals surface area (Å²) >= 11 is 3.68. The van der Waals surface area contributed by atoms with E-state index in [9.17, 15) is 0 Å². The van der Waals surface area contributed by atoms with Crippen molar-refractivity contribution in [3.8, 4) is 0 Å². The molecule has 0 aliphatic carbocycles. The van der Waals surface area contributed by atoms with Crippen LogP contribution in [0.3, 0.4) is 0 Å². The summed E-state index contributed by atoms with van der Waals surface area (Å²) in [7, 11) is 4.22. The Kier molecular flexibility index (Phi) is 4.70. The van der Waals surface area contributed by atoms with Crippen molar-refractivity contribution in [2.45, 2.75) is 19.6 Å². The van der Waals surface area contributed by atoms with Crippen LogP contribution in [-0.2, 0) is 19.6 Å². The van der Waals surface area contributed by atoms with Crippen LogP contribution in [0.25, 0.3) is 10.1 Å². The Bertz CT molecular complexity index is 701. The molecule has 0 aliphatic heterocycles. The molecule has 21 heavy (non-hydrogen) atoms. The molecule has 110 valence electrons. The van der Waals surface area contributed by atoms with Crippen molar-refractivity contribution >= 4 is 32.8 Å². The van der Waals surface area contributed by atoms with E-state index in [0.717, 1.165) is 19.6 Å². The number of nitrogens with one attached hydrogen (secondary N) is 1. The molecule has 4 heteroatoms. The molecule has 3 rings (SSSR count). The molecular formula is C17H20N2S2. The molecule has 0 amide bonds. The largest absolute Gasteiger partial charge is 0.315 e. The van der Waals surface area contributed by atoms with Crippen LogP contribution in [-0.4, -0.2) is 19.0 Å². The van der Waals surface area contributed by atoms with E-state index >= 15 is 0 Å². The van der Waals surface area contributed by atoms with Gasteiger partial charge in [-0.3, -0.25) is 4.90 Å². The summed E-state index contributed by atoms with van der Waals surface area (Å²) in [5.74, 6) is 0. The Morgan fingerprint density at radius 3 is 2.76 bits per heavy atom. The quantitative estimate of drug-likeness (QED) is 0.729. The number of benzene rings is 1. The average Bonchev–Trinajstić information content (AvgIpc) is 3.08. The third-order valence-corrected chi connectivity index (χ3v) is 5.52. The smallest absolute Gasteiger partial charge is 0.0349 e. The average molecular weight is 316 g/mol. The van der Waals surface area contributed by atoms with E-state index in [2.05, 4.69) is 58.4 Å². The van der Waals surface area contributed by atoms with Crippen molar-refractivity contribution in [1.29, 1.82) is 0 Å². The van der Waals surface area contributed by atoms with E-state index < -0.39 is 0 Å². The van der Waals surface area contributed by atoms with Gasteiger partial charge in [-0.1, -0.05) is 18.2 Å². The zero-order chi connectivity index (χ0) is 14.7. The highest BCUT2D eigenvalue weighted by Crippen LogP contribution is 2.32. The van der Waals surface area contributed by atoms with Gasteiger partial charge in [0, 0.05) is 29.2 Å². The molecule has 1 N–H and O–H groups in total. The number of fused-ring (bicyclic) bond motifs is 1. The Labute approximate surface area is 134 Å². The molecule has 0 unspecified atom stereocenters. The van der Waals surface area contributed by atoms with Crippen LogP contribution in [0.15, 0.2) is 41.1 Å². The lowest BCUT2D eigenvalue weighted by Gasteiger charge is -2.17. The first-order chi connectivity index (χ1) is 10.3.